The molecule has 74 valence electrons. The van der Waals surface area contributed by atoms with Gasteiger partial charge in [0.25, 0.3) is 0 Å². The normalized spacial score (nSPS) is 22.3. The zero-order valence-corrected chi connectivity index (χ0v) is 8.30. The number of rotatable bonds is 3. The van der Waals surface area contributed by atoms with Gasteiger partial charge >= 0.3 is 5.97 Å². The van der Waals surface area contributed by atoms with Gasteiger partial charge in [-0.05, 0) is 19.8 Å². The molecule has 1 rings (SSSR count). The molecule has 1 aliphatic rings. The molecule has 1 unspecified atom stereocenters. The van der Waals surface area contributed by atoms with E-state index in [-0.39, 0.29) is 12.0 Å². The first-order valence-electron chi connectivity index (χ1n) is 4.85. The summed E-state index contributed by atoms with van der Waals surface area (Å²) in [6, 6.07) is -0.125. The van der Waals surface area contributed by atoms with E-state index in [1.807, 2.05) is 6.92 Å². The molecule has 13 heavy (non-hydrogen) atoms. The Morgan fingerprint density at radius 2 is 2.46 bits per heavy atom. The fourth-order valence-corrected chi connectivity index (χ4v) is 1.46. The number of hydrogen-bond acceptors (Lipinski definition) is 3. The van der Waals surface area contributed by atoms with Crippen LogP contribution in [-0.4, -0.2) is 25.2 Å². The first-order chi connectivity index (χ1) is 6.27. The van der Waals surface area contributed by atoms with Crippen molar-refractivity contribution in [3.8, 4) is 0 Å². The molecular formula is C10H17NO2. The molecule has 0 bridgehead atoms. The molecule has 0 aromatic rings. The van der Waals surface area contributed by atoms with Crippen LogP contribution in [-0.2, 0) is 9.53 Å². The molecule has 0 saturated carbocycles. The van der Waals surface area contributed by atoms with Crippen LogP contribution in [0.4, 0.5) is 0 Å². The van der Waals surface area contributed by atoms with Crippen LogP contribution in [0.25, 0.3) is 0 Å². The van der Waals surface area contributed by atoms with Crippen molar-refractivity contribution in [3.05, 3.63) is 11.6 Å². The van der Waals surface area contributed by atoms with Crippen molar-refractivity contribution >= 4 is 5.97 Å². The fourth-order valence-electron chi connectivity index (χ4n) is 1.46. The van der Waals surface area contributed by atoms with Crippen molar-refractivity contribution in [2.24, 2.45) is 0 Å². The van der Waals surface area contributed by atoms with E-state index >= 15 is 0 Å². The highest BCUT2D eigenvalue weighted by atomic mass is 16.5. The number of carbonyl (C=O) groups excluding carboxylic acids is 1. The first-order valence-corrected chi connectivity index (χ1v) is 4.85. The molecule has 0 aromatic heterocycles. The largest absolute Gasteiger partial charge is 0.465 e. The van der Waals surface area contributed by atoms with Gasteiger partial charge in [-0.25, -0.2) is 0 Å². The Bertz CT molecular complexity index is 211. The minimum absolute atomic E-state index is 0.124. The molecule has 0 fully saturated rings. The summed E-state index contributed by atoms with van der Waals surface area (Å²) < 4.78 is 4.95. The van der Waals surface area contributed by atoms with E-state index in [9.17, 15) is 4.79 Å². The summed E-state index contributed by atoms with van der Waals surface area (Å²) in [7, 11) is 0. The molecule has 1 heterocycles. The van der Waals surface area contributed by atoms with Gasteiger partial charge in [-0.1, -0.05) is 18.6 Å². The van der Waals surface area contributed by atoms with Crippen LogP contribution in [0.5, 0.6) is 0 Å². The molecule has 0 radical (unpaired) electrons. The van der Waals surface area contributed by atoms with Gasteiger partial charge in [-0.2, -0.15) is 0 Å². The standard InChI is InChI=1S/C10H17NO2/c1-3-8-5-6-11-9(7-8)10(12)13-4-2/h5,9,11H,3-4,6-7H2,1-2H3. The number of carbonyl (C=O) groups is 1. The van der Waals surface area contributed by atoms with Gasteiger partial charge in [-0.3, -0.25) is 4.79 Å². The Hall–Kier alpha value is -0.830. The van der Waals surface area contributed by atoms with Crippen LogP contribution in [0.15, 0.2) is 11.6 Å². The molecule has 0 spiro atoms. The van der Waals surface area contributed by atoms with Gasteiger partial charge in [0.05, 0.1) is 6.61 Å². The molecule has 0 aliphatic carbocycles. The zero-order chi connectivity index (χ0) is 9.68. The number of ether oxygens (including phenoxy) is 1. The SMILES string of the molecule is CCOC(=O)C1CC(CC)=CCN1. The molecule has 3 nitrogen and oxygen atoms in total. The Labute approximate surface area is 79.2 Å². The summed E-state index contributed by atoms with van der Waals surface area (Å²) in [6.45, 7) is 5.19. The molecule has 1 N–H and O–H groups in total. The lowest BCUT2D eigenvalue weighted by Crippen LogP contribution is -2.40. The van der Waals surface area contributed by atoms with Gasteiger partial charge in [-0.15, -0.1) is 0 Å². The van der Waals surface area contributed by atoms with Gasteiger partial charge in [0.2, 0.25) is 0 Å². The third kappa shape index (κ3) is 2.84. The van der Waals surface area contributed by atoms with Gasteiger partial charge in [0.15, 0.2) is 0 Å². The van der Waals surface area contributed by atoms with Crippen LogP contribution in [0.1, 0.15) is 26.7 Å². The minimum Gasteiger partial charge on any atom is -0.465 e. The zero-order valence-electron chi connectivity index (χ0n) is 8.30. The highest BCUT2D eigenvalue weighted by Gasteiger charge is 2.22. The van der Waals surface area contributed by atoms with E-state index in [1.54, 1.807) is 0 Å². The third-order valence-corrected chi connectivity index (χ3v) is 2.25. The van der Waals surface area contributed by atoms with Crippen molar-refractivity contribution in [2.45, 2.75) is 32.7 Å². The predicted molar refractivity (Wildman–Crippen MR) is 51.4 cm³/mol. The summed E-state index contributed by atoms with van der Waals surface area (Å²) in [5, 5.41) is 3.12. The maximum atomic E-state index is 11.3. The lowest BCUT2D eigenvalue weighted by atomic mass is 10.0. The van der Waals surface area contributed by atoms with Gasteiger partial charge in [0.1, 0.15) is 6.04 Å². The molecule has 3 heteroatoms. The quantitative estimate of drug-likeness (QED) is 0.528. The molecule has 0 saturated heterocycles. The summed E-state index contributed by atoms with van der Waals surface area (Å²) in [4.78, 5) is 11.3. The van der Waals surface area contributed by atoms with Crippen LogP contribution in [0.3, 0.4) is 0 Å². The summed E-state index contributed by atoms with van der Waals surface area (Å²) >= 11 is 0. The molecule has 1 aliphatic heterocycles. The van der Waals surface area contributed by atoms with Crippen LogP contribution in [0.2, 0.25) is 0 Å². The number of esters is 1. The lowest BCUT2D eigenvalue weighted by molar-refractivity contribution is -0.145. The van der Waals surface area contributed by atoms with Crippen molar-refractivity contribution in [3.63, 3.8) is 0 Å². The van der Waals surface area contributed by atoms with Crippen molar-refractivity contribution in [2.75, 3.05) is 13.2 Å². The summed E-state index contributed by atoms with van der Waals surface area (Å²) in [5.74, 6) is -0.124. The average Bonchev–Trinajstić information content (AvgIpc) is 2.18. The van der Waals surface area contributed by atoms with Crippen LogP contribution in [0, 0.1) is 0 Å². The average molecular weight is 183 g/mol. The Morgan fingerprint density at radius 3 is 3.08 bits per heavy atom. The highest BCUT2D eigenvalue weighted by molar-refractivity contribution is 5.76. The number of nitrogens with one attached hydrogen (secondary N) is 1. The predicted octanol–water partition coefficient (Wildman–Crippen LogP) is 1.25. The van der Waals surface area contributed by atoms with E-state index in [4.69, 9.17) is 4.74 Å². The van der Waals surface area contributed by atoms with E-state index in [0.29, 0.717) is 6.61 Å². The second-order valence-electron chi connectivity index (χ2n) is 3.13. The van der Waals surface area contributed by atoms with Crippen LogP contribution < -0.4 is 5.32 Å². The monoisotopic (exact) mass is 183 g/mol. The van der Waals surface area contributed by atoms with E-state index in [2.05, 4.69) is 18.3 Å². The smallest absolute Gasteiger partial charge is 0.323 e. The van der Waals surface area contributed by atoms with Crippen molar-refractivity contribution in [1.82, 2.24) is 5.32 Å². The highest BCUT2D eigenvalue weighted by Crippen LogP contribution is 2.14. The second-order valence-corrected chi connectivity index (χ2v) is 3.13. The van der Waals surface area contributed by atoms with Gasteiger partial charge < -0.3 is 10.1 Å². The molecule has 0 amide bonds. The Balaban J connectivity index is 2.45. The lowest BCUT2D eigenvalue weighted by Gasteiger charge is -2.21. The Kier molecular flexibility index (Phi) is 3.96. The number of hydrogen-bond donors (Lipinski definition) is 1. The minimum atomic E-state index is -0.125. The van der Waals surface area contributed by atoms with Crippen LogP contribution >= 0.6 is 0 Å². The van der Waals surface area contributed by atoms with E-state index in [0.717, 1.165) is 19.4 Å². The molecular weight excluding hydrogens is 166 g/mol. The maximum Gasteiger partial charge on any atom is 0.323 e. The van der Waals surface area contributed by atoms with E-state index < -0.39 is 0 Å². The second kappa shape index (κ2) is 5.02. The topological polar surface area (TPSA) is 38.3 Å². The fraction of sp³-hybridized carbons (Fsp3) is 0.700. The molecule has 0 aromatic carbocycles. The summed E-state index contributed by atoms with van der Waals surface area (Å²) in [5.41, 5.74) is 1.34. The Morgan fingerprint density at radius 1 is 1.69 bits per heavy atom. The maximum absolute atomic E-state index is 11.3. The summed E-state index contributed by atoms with van der Waals surface area (Å²) in [6.07, 6.45) is 3.97. The first kappa shape index (κ1) is 10.3. The van der Waals surface area contributed by atoms with Crippen molar-refractivity contribution < 1.29 is 9.53 Å². The van der Waals surface area contributed by atoms with Gasteiger partial charge in [0, 0.05) is 6.54 Å². The van der Waals surface area contributed by atoms with Crippen molar-refractivity contribution in [1.29, 1.82) is 0 Å². The third-order valence-electron chi connectivity index (χ3n) is 2.25. The molecule has 1 atom stereocenters. The van der Waals surface area contributed by atoms with E-state index in [1.165, 1.54) is 5.57 Å².